The van der Waals surface area contributed by atoms with Gasteiger partial charge in [-0.3, -0.25) is 4.79 Å². The first-order valence-electron chi connectivity index (χ1n) is 7.24. The van der Waals surface area contributed by atoms with E-state index in [2.05, 4.69) is 4.18 Å². The zero-order chi connectivity index (χ0) is 18.8. The summed E-state index contributed by atoms with van der Waals surface area (Å²) in [6, 6.07) is 7.83. The van der Waals surface area contributed by atoms with Crippen LogP contribution >= 0.6 is 0 Å². The van der Waals surface area contributed by atoms with Gasteiger partial charge in [0.1, 0.15) is 0 Å². The summed E-state index contributed by atoms with van der Waals surface area (Å²) in [5.41, 5.74) is -5.14. The molecule has 0 unspecified atom stereocenters. The number of ether oxygens (including phenoxy) is 1. The average Bonchev–Trinajstić information content (AvgIpc) is 2.49. The van der Waals surface area contributed by atoms with Gasteiger partial charge in [0.05, 0.1) is 13.0 Å². The van der Waals surface area contributed by atoms with Gasteiger partial charge in [-0.2, -0.15) is 21.6 Å². The van der Waals surface area contributed by atoms with Crippen LogP contribution in [0.2, 0.25) is 0 Å². The second-order valence-electron chi connectivity index (χ2n) is 5.19. The second-order valence-corrected chi connectivity index (χ2v) is 6.73. The summed E-state index contributed by atoms with van der Waals surface area (Å²) < 4.78 is 70.4. The molecule has 0 spiro atoms. The quantitative estimate of drug-likeness (QED) is 0.454. The first-order chi connectivity index (χ1) is 11.6. The molecule has 0 aliphatic rings. The van der Waals surface area contributed by atoms with Crippen LogP contribution in [0.25, 0.3) is 10.8 Å². The maximum Gasteiger partial charge on any atom is 0.534 e. The molecule has 9 heteroatoms. The van der Waals surface area contributed by atoms with Gasteiger partial charge in [0.2, 0.25) is 0 Å². The maximum atomic E-state index is 12.7. The number of halogens is 3. The summed E-state index contributed by atoms with van der Waals surface area (Å²) in [6.45, 7) is 3.22. The Morgan fingerprint density at radius 3 is 2.44 bits per heavy atom. The fourth-order valence-corrected chi connectivity index (χ4v) is 2.82. The number of benzene rings is 2. The van der Waals surface area contributed by atoms with Gasteiger partial charge in [0.15, 0.2) is 5.75 Å². The van der Waals surface area contributed by atoms with Crippen LogP contribution in [0, 0.1) is 6.92 Å². The standard InChI is InChI=1S/C16H15F3O5S/c1-3-23-14(20)9-13-10(2)8-11-6-4-5-7-12(11)15(13)24-25(21,22)16(17,18)19/h4-8H,3,9H2,1-2H3. The predicted molar refractivity (Wildman–Crippen MR) is 84.6 cm³/mol. The lowest BCUT2D eigenvalue weighted by Crippen LogP contribution is -2.28. The van der Waals surface area contributed by atoms with Gasteiger partial charge in [-0.15, -0.1) is 0 Å². The number of esters is 1. The molecule has 0 atom stereocenters. The van der Waals surface area contributed by atoms with E-state index in [4.69, 9.17) is 4.74 Å². The minimum atomic E-state index is -5.88. The molecule has 0 heterocycles. The smallest absolute Gasteiger partial charge is 0.466 e. The largest absolute Gasteiger partial charge is 0.534 e. The van der Waals surface area contributed by atoms with Crippen molar-refractivity contribution in [2.75, 3.05) is 6.61 Å². The highest BCUT2D eigenvalue weighted by molar-refractivity contribution is 7.88. The van der Waals surface area contributed by atoms with Crippen LogP contribution in [0.3, 0.4) is 0 Å². The predicted octanol–water partition coefficient (Wildman–Crippen LogP) is 3.48. The Hall–Kier alpha value is -2.29. The van der Waals surface area contributed by atoms with E-state index in [1.807, 2.05) is 0 Å². The number of aryl methyl sites for hydroxylation is 1. The van der Waals surface area contributed by atoms with Crippen LogP contribution in [0.4, 0.5) is 13.2 Å². The van der Waals surface area contributed by atoms with E-state index in [1.54, 1.807) is 32.0 Å². The van der Waals surface area contributed by atoms with Crippen molar-refractivity contribution in [1.82, 2.24) is 0 Å². The minimum absolute atomic E-state index is 0.0324. The molecule has 0 aliphatic carbocycles. The van der Waals surface area contributed by atoms with Crippen LogP contribution in [0.1, 0.15) is 18.1 Å². The Kier molecular flexibility index (Phi) is 5.26. The molecule has 0 aliphatic heterocycles. The molecule has 136 valence electrons. The number of fused-ring (bicyclic) bond motifs is 1. The monoisotopic (exact) mass is 376 g/mol. The van der Waals surface area contributed by atoms with Crippen LogP contribution < -0.4 is 4.18 Å². The van der Waals surface area contributed by atoms with Crippen molar-refractivity contribution in [2.45, 2.75) is 25.8 Å². The molecule has 0 bridgehead atoms. The minimum Gasteiger partial charge on any atom is -0.466 e. The molecule has 0 saturated carbocycles. The van der Waals surface area contributed by atoms with Crippen LogP contribution in [0.15, 0.2) is 30.3 Å². The Labute approximate surface area is 142 Å². The highest BCUT2D eigenvalue weighted by atomic mass is 32.2. The summed E-state index contributed by atoms with van der Waals surface area (Å²) in [5, 5.41) is 0.639. The molecule has 5 nitrogen and oxygen atoms in total. The molecule has 0 aromatic heterocycles. The van der Waals surface area contributed by atoms with E-state index in [-0.39, 0.29) is 17.6 Å². The molecule has 2 rings (SSSR count). The van der Waals surface area contributed by atoms with Gasteiger partial charge >= 0.3 is 21.6 Å². The van der Waals surface area contributed by atoms with E-state index >= 15 is 0 Å². The van der Waals surface area contributed by atoms with Gasteiger partial charge in [0, 0.05) is 10.9 Å². The number of carbonyl (C=O) groups is 1. The summed E-state index contributed by atoms with van der Waals surface area (Å²) in [6.07, 6.45) is -0.410. The molecule has 2 aromatic rings. The van der Waals surface area contributed by atoms with E-state index in [1.165, 1.54) is 12.1 Å². The fraction of sp³-hybridized carbons (Fsp3) is 0.312. The Balaban J connectivity index is 2.67. The summed E-state index contributed by atoms with van der Waals surface area (Å²) in [7, 11) is -5.88. The number of hydrogen-bond donors (Lipinski definition) is 0. The van der Waals surface area contributed by atoms with Gasteiger partial charge in [-0.05, 0) is 24.8 Å². The zero-order valence-corrected chi connectivity index (χ0v) is 14.2. The lowest BCUT2D eigenvalue weighted by atomic mass is 9.98. The van der Waals surface area contributed by atoms with Crippen LogP contribution in [0.5, 0.6) is 5.75 Å². The lowest BCUT2D eigenvalue weighted by molar-refractivity contribution is -0.142. The highest BCUT2D eigenvalue weighted by Crippen LogP contribution is 2.37. The van der Waals surface area contributed by atoms with Crippen molar-refractivity contribution in [2.24, 2.45) is 0 Å². The van der Waals surface area contributed by atoms with E-state index in [0.717, 1.165) is 0 Å². The Morgan fingerprint density at radius 2 is 1.84 bits per heavy atom. The summed E-state index contributed by atoms with van der Waals surface area (Å²) in [4.78, 5) is 11.8. The van der Waals surface area contributed by atoms with Crippen molar-refractivity contribution in [1.29, 1.82) is 0 Å². The second kappa shape index (κ2) is 6.91. The normalized spacial score (nSPS) is 12.2. The van der Waals surface area contributed by atoms with Gasteiger partial charge in [-0.1, -0.05) is 30.3 Å². The van der Waals surface area contributed by atoms with Crippen molar-refractivity contribution in [3.63, 3.8) is 0 Å². The molecule has 0 N–H and O–H groups in total. The third-order valence-corrected chi connectivity index (χ3v) is 4.38. The van der Waals surface area contributed by atoms with Crippen LogP contribution in [-0.4, -0.2) is 26.5 Å². The van der Waals surface area contributed by atoms with Crippen molar-refractivity contribution in [3.8, 4) is 5.75 Å². The van der Waals surface area contributed by atoms with Crippen molar-refractivity contribution in [3.05, 3.63) is 41.5 Å². The Morgan fingerprint density at radius 1 is 1.20 bits per heavy atom. The summed E-state index contributed by atoms with van der Waals surface area (Å²) >= 11 is 0. The highest BCUT2D eigenvalue weighted by Gasteiger charge is 2.49. The molecule has 25 heavy (non-hydrogen) atoms. The maximum absolute atomic E-state index is 12.7. The van der Waals surface area contributed by atoms with Crippen molar-refractivity contribution < 1.29 is 35.3 Å². The Bertz CT molecular complexity index is 904. The zero-order valence-electron chi connectivity index (χ0n) is 13.4. The summed E-state index contributed by atoms with van der Waals surface area (Å²) in [5.74, 6) is -1.21. The number of rotatable bonds is 5. The van der Waals surface area contributed by atoms with Gasteiger partial charge in [0.25, 0.3) is 0 Å². The molecular formula is C16H15F3O5S. The first-order valence-corrected chi connectivity index (χ1v) is 8.65. The third kappa shape index (κ3) is 4.04. The molecule has 0 saturated heterocycles. The molecular weight excluding hydrogens is 361 g/mol. The molecule has 2 aromatic carbocycles. The number of alkyl halides is 3. The third-order valence-electron chi connectivity index (χ3n) is 3.43. The topological polar surface area (TPSA) is 69.7 Å². The van der Waals surface area contributed by atoms with E-state index < -0.39 is 33.8 Å². The van der Waals surface area contributed by atoms with Gasteiger partial charge < -0.3 is 8.92 Å². The van der Waals surface area contributed by atoms with E-state index in [9.17, 15) is 26.4 Å². The molecule has 0 amide bonds. The van der Waals surface area contributed by atoms with E-state index in [0.29, 0.717) is 10.9 Å². The van der Waals surface area contributed by atoms with Crippen molar-refractivity contribution >= 4 is 26.9 Å². The number of hydrogen-bond acceptors (Lipinski definition) is 5. The lowest BCUT2D eigenvalue weighted by Gasteiger charge is -2.17. The number of carbonyl (C=O) groups excluding carboxylic acids is 1. The first kappa shape index (κ1) is 19.0. The molecule has 0 fully saturated rings. The SMILES string of the molecule is CCOC(=O)Cc1c(C)cc2ccccc2c1OS(=O)(=O)C(F)(F)F. The molecule has 0 radical (unpaired) electrons. The van der Waals surface area contributed by atoms with Gasteiger partial charge in [-0.25, -0.2) is 0 Å². The average molecular weight is 376 g/mol. The van der Waals surface area contributed by atoms with Crippen LogP contribution in [-0.2, 0) is 26.1 Å². The fourth-order valence-electron chi connectivity index (χ4n) is 2.32.